The van der Waals surface area contributed by atoms with Gasteiger partial charge in [0.15, 0.2) is 0 Å². The van der Waals surface area contributed by atoms with Crippen LogP contribution in [0.5, 0.6) is 0 Å². The molecular formula is C17H23N3O2S2. The zero-order valence-electron chi connectivity index (χ0n) is 14.1. The van der Waals surface area contributed by atoms with E-state index in [-0.39, 0.29) is 17.1 Å². The van der Waals surface area contributed by atoms with E-state index in [0.29, 0.717) is 12.1 Å². The Morgan fingerprint density at radius 3 is 2.42 bits per heavy atom. The molecule has 0 fully saturated rings. The molecule has 0 spiro atoms. The second-order valence-corrected chi connectivity index (χ2v) is 9.25. The summed E-state index contributed by atoms with van der Waals surface area (Å²) in [7, 11) is -3.67. The Hall–Kier alpha value is -1.86. The van der Waals surface area contributed by atoms with E-state index in [1.54, 1.807) is 11.3 Å². The third kappa shape index (κ3) is 5.65. The number of hydrogen-bond acceptors (Lipinski definition) is 3. The monoisotopic (exact) mass is 365 g/mol. The van der Waals surface area contributed by atoms with E-state index in [4.69, 9.17) is 5.73 Å². The predicted molar refractivity (Wildman–Crippen MR) is 101 cm³/mol. The average Bonchev–Trinajstić information content (AvgIpc) is 2.97. The summed E-state index contributed by atoms with van der Waals surface area (Å²) >= 11 is 1.57. The number of benzene rings is 1. The van der Waals surface area contributed by atoms with Gasteiger partial charge in [-0.05, 0) is 28.0 Å². The van der Waals surface area contributed by atoms with Gasteiger partial charge < -0.3 is 11.1 Å². The molecule has 0 saturated carbocycles. The van der Waals surface area contributed by atoms with Gasteiger partial charge in [-0.3, -0.25) is 0 Å². The van der Waals surface area contributed by atoms with Crippen LogP contribution in [0, 0.1) is 0 Å². The topological polar surface area (TPSA) is 84.5 Å². The first kappa shape index (κ1) is 18.5. The molecule has 5 nitrogen and oxygen atoms in total. The van der Waals surface area contributed by atoms with Crippen LogP contribution in [-0.2, 0) is 27.7 Å². The minimum atomic E-state index is -3.67. The summed E-state index contributed by atoms with van der Waals surface area (Å²) in [5, 5.41) is 4.76. The molecule has 1 heterocycles. The summed E-state index contributed by atoms with van der Waals surface area (Å²) < 4.78 is 27.9. The fourth-order valence-corrected chi connectivity index (χ4v) is 3.80. The SMILES string of the molecule is CC(C)(C)c1ccc(CS(=O)(=O)/N=C(\N)NCc2cccs2)cc1. The largest absolute Gasteiger partial charge is 0.369 e. The van der Waals surface area contributed by atoms with Crippen molar-refractivity contribution in [3.8, 4) is 0 Å². The first-order valence-electron chi connectivity index (χ1n) is 7.59. The fraction of sp³-hybridized carbons (Fsp3) is 0.353. The van der Waals surface area contributed by atoms with Gasteiger partial charge >= 0.3 is 0 Å². The van der Waals surface area contributed by atoms with Gasteiger partial charge in [0, 0.05) is 4.88 Å². The van der Waals surface area contributed by atoms with Crippen molar-refractivity contribution in [1.29, 1.82) is 0 Å². The Labute approximate surface area is 147 Å². The molecule has 1 aromatic carbocycles. The van der Waals surface area contributed by atoms with Crippen LogP contribution in [0.4, 0.5) is 0 Å². The molecule has 0 saturated heterocycles. The molecule has 2 rings (SSSR count). The van der Waals surface area contributed by atoms with Crippen molar-refractivity contribution in [2.24, 2.45) is 10.1 Å². The van der Waals surface area contributed by atoms with E-state index >= 15 is 0 Å². The quantitative estimate of drug-likeness (QED) is 0.630. The van der Waals surface area contributed by atoms with Gasteiger partial charge in [0.2, 0.25) is 5.96 Å². The van der Waals surface area contributed by atoms with E-state index in [0.717, 1.165) is 10.4 Å². The maximum atomic E-state index is 12.1. The summed E-state index contributed by atoms with van der Waals surface area (Å²) in [5.74, 6) is -0.256. The molecule has 24 heavy (non-hydrogen) atoms. The molecule has 0 amide bonds. The molecular weight excluding hydrogens is 342 g/mol. The molecule has 7 heteroatoms. The normalized spacial score (nSPS) is 13.0. The van der Waals surface area contributed by atoms with Crippen LogP contribution in [-0.4, -0.2) is 14.4 Å². The average molecular weight is 366 g/mol. The highest BCUT2D eigenvalue weighted by Gasteiger charge is 2.15. The Kier molecular flexibility index (Phi) is 5.66. The lowest BCUT2D eigenvalue weighted by atomic mass is 9.87. The van der Waals surface area contributed by atoms with Crippen molar-refractivity contribution in [3.63, 3.8) is 0 Å². The lowest BCUT2D eigenvalue weighted by Gasteiger charge is -2.19. The molecule has 130 valence electrons. The molecule has 0 bridgehead atoms. The number of rotatable bonds is 5. The van der Waals surface area contributed by atoms with Crippen molar-refractivity contribution in [2.75, 3.05) is 0 Å². The van der Waals surface area contributed by atoms with Crippen LogP contribution < -0.4 is 11.1 Å². The Balaban J connectivity index is 2.00. The van der Waals surface area contributed by atoms with Crippen molar-refractivity contribution in [2.45, 2.75) is 38.5 Å². The summed E-state index contributed by atoms with van der Waals surface area (Å²) in [6.07, 6.45) is 0. The Morgan fingerprint density at radius 1 is 1.21 bits per heavy atom. The summed E-state index contributed by atoms with van der Waals surface area (Å²) in [6, 6.07) is 11.4. The first-order valence-corrected chi connectivity index (χ1v) is 10.1. The number of thiophene rings is 1. The van der Waals surface area contributed by atoms with E-state index in [2.05, 4.69) is 30.5 Å². The second kappa shape index (κ2) is 7.36. The number of sulfonamides is 1. The van der Waals surface area contributed by atoms with Gasteiger partial charge in [-0.2, -0.15) is 0 Å². The third-order valence-electron chi connectivity index (χ3n) is 3.43. The molecule has 1 aromatic heterocycles. The molecule has 0 aliphatic carbocycles. The highest BCUT2D eigenvalue weighted by atomic mass is 32.2. The van der Waals surface area contributed by atoms with Gasteiger partial charge in [-0.15, -0.1) is 15.7 Å². The summed E-state index contributed by atoms with van der Waals surface area (Å²) in [5.41, 5.74) is 7.56. The minimum absolute atomic E-state index is 0.0334. The number of nitrogens with one attached hydrogen (secondary N) is 1. The molecule has 3 N–H and O–H groups in total. The lowest BCUT2D eigenvalue weighted by molar-refractivity contribution is 0.590. The smallest absolute Gasteiger partial charge is 0.260 e. The summed E-state index contributed by atoms with van der Waals surface area (Å²) in [4.78, 5) is 1.06. The lowest BCUT2D eigenvalue weighted by Crippen LogP contribution is -2.31. The van der Waals surface area contributed by atoms with Crippen LogP contribution in [0.1, 0.15) is 36.8 Å². The fourth-order valence-electron chi connectivity index (χ4n) is 2.12. The van der Waals surface area contributed by atoms with Crippen LogP contribution in [0.2, 0.25) is 0 Å². The van der Waals surface area contributed by atoms with Crippen molar-refractivity contribution < 1.29 is 8.42 Å². The van der Waals surface area contributed by atoms with E-state index in [1.165, 1.54) is 0 Å². The molecule has 0 aliphatic heterocycles. The maximum absolute atomic E-state index is 12.1. The maximum Gasteiger partial charge on any atom is 0.260 e. The standard InChI is InChI=1S/C17H23N3O2S2/c1-17(2,3)14-8-6-13(7-9-14)12-24(21,22)20-16(18)19-11-15-5-4-10-23-15/h4-10H,11-12H2,1-3H3,(H3,18,19,20). The zero-order valence-corrected chi connectivity index (χ0v) is 15.7. The van der Waals surface area contributed by atoms with Gasteiger partial charge in [-0.25, -0.2) is 8.42 Å². The van der Waals surface area contributed by atoms with Gasteiger partial charge in [0.05, 0.1) is 12.3 Å². The van der Waals surface area contributed by atoms with E-state index < -0.39 is 10.0 Å². The number of nitrogens with two attached hydrogens (primary N) is 1. The predicted octanol–water partition coefficient (Wildman–Crippen LogP) is 2.98. The highest BCUT2D eigenvalue weighted by molar-refractivity contribution is 7.89. The molecule has 0 aliphatic rings. The zero-order chi connectivity index (χ0) is 17.8. The third-order valence-corrected chi connectivity index (χ3v) is 5.48. The molecule has 0 radical (unpaired) electrons. The number of guanidine groups is 1. The van der Waals surface area contributed by atoms with Gasteiger partial charge in [0.1, 0.15) is 0 Å². The van der Waals surface area contributed by atoms with Crippen LogP contribution in [0.3, 0.4) is 0 Å². The number of nitrogens with zero attached hydrogens (tertiary/aromatic N) is 1. The summed E-state index contributed by atoms with van der Waals surface area (Å²) in [6.45, 7) is 6.80. The molecule has 0 unspecified atom stereocenters. The number of hydrogen-bond donors (Lipinski definition) is 2. The van der Waals surface area contributed by atoms with Gasteiger partial charge in [-0.1, -0.05) is 51.1 Å². The van der Waals surface area contributed by atoms with E-state index in [9.17, 15) is 8.42 Å². The Bertz CT molecular complexity index is 787. The first-order chi connectivity index (χ1) is 11.2. The second-order valence-electron chi connectivity index (χ2n) is 6.58. The minimum Gasteiger partial charge on any atom is -0.369 e. The van der Waals surface area contributed by atoms with Crippen molar-refractivity contribution in [1.82, 2.24) is 5.32 Å². The molecule has 0 atom stereocenters. The Morgan fingerprint density at radius 2 is 1.88 bits per heavy atom. The molecule has 2 aromatic rings. The van der Waals surface area contributed by atoms with Crippen molar-refractivity contribution >= 4 is 27.3 Å². The van der Waals surface area contributed by atoms with Crippen molar-refractivity contribution in [3.05, 3.63) is 57.8 Å². The van der Waals surface area contributed by atoms with E-state index in [1.807, 2.05) is 41.8 Å². The van der Waals surface area contributed by atoms with Crippen LogP contribution >= 0.6 is 11.3 Å². The van der Waals surface area contributed by atoms with Crippen LogP contribution in [0.15, 0.2) is 46.2 Å². The van der Waals surface area contributed by atoms with Gasteiger partial charge in [0.25, 0.3) is 10.0 Å². The van der Waals surface area contributed by atoms with Crippen LogP contribution in [0.25, 0.3) is 0 Å². The highest BCUT2D eigenvalue weighted by Crippen LogP contribution is 2.22.